The molecule has 1 aliphatic carbocycles. The van der Waals surface area contributed by atoms with Gasteiger partial charge in [0.1, 0.15) is 11.5 Å². The first-order valence-corrected chi connectivity index (χ1v) is 8.10. The van der Waals surface area contributed by atoms with E-state index in [1.165, 1.54) is 17.5 Å². The molecule has 22 heavy (non-hydrogen) atoms. The summed E-state index contributed by atoms with van der Waals surface area (Å²) in [5.41, 5.74) is 2.50. The molecule has 3 rings (SSSR count). The molecule has 0 aromatic heterocycles. The Morgan fingerprint density at radius 2 is 1.23 bits per heavy atom. The van der Waals surface area contributed by atoms with E-state index in [0.29, 0.717) is 17.4 Å². The zero-order valence-electron chi connectivity index (χ0n) is 13.3. The van der Waals surface area contributed by atoms with Crippen molar-refractivity contribution in [2.24, 2.45) is 11.8 Å². The number of rotatable bonds is 2. The van der Waals surface area contributed by atoms with Gasteiger partial charge in [0.25, 0.3) is 0 Å². The Hall–Kier alpha value is -1.96. The molecule has 2 nitrogen and oxygen atoms in total. The van der Waals surface area contributed by atoms with E-state index in [1.54, 1.807) is 24.3 Å². The highest BCUT2D eigenvalue weighted by molar-refractivity contribution is 5.43. The van der Waals surface area contributed by atoms with E-state index in [9.17, 15) is 10.2 Å². The molecule has 0 spiro atoms. The normalized spacial score (nSPS) is 24.1. The highest BCUT2D eigenvalue weighted by atomic mass is 16.3. The molecule has 2 N–H and O–H groups in total. The van der Waals surface area contributed by atoms with Gasteiger partial charge < -0.3 is 10.2 Å². The second-order valence-corrected chi connectivity index (χ2v) is 6.87. The van der Waals surface area contributed by atoms with Crippen LogP contribution in [0, 0.1) is 11.8 Å². The second-order valence-electron chi connectivity index (χ2n) is 6.87. The van der Waals surface area contributed by atoms with E-state index in [4.69, 9.17) is 0 Å². The Balaban J connectivity index is 2.09. The predicted molar refractivity (Wildman–Crippen MR) is 89.2 cm³/mol. The molecule has 2 heteroatoms. The molecule has 0 bridgehead atoms. The number of phenolic OH excluding ortho intramolecular Hbond substituents is 2. The molecule has 0 heterocycles. The fourth-order valence-corrected chi connectivity index (χ4v) is 3.86. The summed E-state index contributed by atoms with van der Waals surface area (Å²) < 4.78 is 0. The minimum atomic E-state index is -0.0205. The molecule has 1 aliphatic rings. The van der Waals surface area contributed by atoms with Crippen molar-refractivity contribution in [1.82, 2.24) is 0 Å². The smallest absolute Gasteiger partial charge is 0.115 e. The zero-order valence-corrected chi connectivity index (χ0v) is 13.3. The maximum Gasteiger partial charge on any atom is 0.115 e. The van der Waals surface area contributed by atoms with Crippen molar-refractivity contribution in [3.05, 3.63) is 59.7 Å². The molecule has 2 atom stereocenters. The number of phenols is 2. The lowest BCUT2D eigenvalue weighted by Crippen LogP contribution is -2.36. The van der Waals surface area contributed by atoms with Crippen LogP contribution in [0.2, 0.25) is 0 Å². The summed E-state index contributed by atoms with van der Waals surface area (Å²) >= 11 is 0. The summed E-state index contributed by atoms with van der Waals surface area (Å²) in [5, 5.41) is 19.2. The van der Waals surface area contributed by atoms with Gasteiger partial charge in [-0.05, 0) is 66.5 Å². The molecule has 1 fully saturated rings. The number of hydrogen-bond donors (Lipinski definition) is 2. The van der Waals surface area contributed by atoms with Gasteiger partial charge in [0.2, 0.25) is 0 Å². The molecule has 0 saturated heterocycles. The van der Waals surface area contributed by atoms with Gasteiger partial charge in [0.05, 0.1) is 0 Å². The summed E-state index contributed by atoms with van der Waals surface area (Å²) in [7, 11) is 0. The third kappa shape index (κ3) is 2.58. The van der Waals surface area contributed by atoms with Gasteiger partial charge in [-0.25, -0.2) is 0 Å². The molecule has 2 aromatic carbocycles. The van der Waals surface area contributed by atoms with E-state index in [-0.39, 0.29) is 5.41 Å². The van der Waals surface area contributed by atoms with Crippen LogP contribution < -0.4 is 0 Å². The zero-order chi connectivity index (χ0) is 15.7. The summed E-state index contributed by atoms with van der Waals surface area (Å²) in [6, 6.07) is 15.3. The Morgan fingerprint density at radius 3 is 1.64 bits per heavy atom. The molecular weight excluding hydrogens is 272 g/mol. The van der Waals surface area contributed by atoms with Gasteiger partial charge in [-0.15, -0.1) is 0 Å². The molecule has 2 aromatic rings. The van der Waals surface area contributed by atoms with Crippen molar-refractivity contribution in [3.63, 3.8) is 0 Å². The van der Waals surface area contributed by atoms with Gasteiger partial charge in [0, 0.05) is 5.41 Å². The average molecular weight is 296 g/mol. The van der Waals surface area contributed by atoms with Crippen molar-refractivity contribution in [1.29, 1.82) is 0 Å². The summed E-state index contributed by atoms with van der Waals surface area (Å²) in [6.45, 7) is 4.67. The summed E-state index contributed by atoms with van der Waals surface area (Å²) in [4.78, 5) is 0. The second kappa shape index (κ2) is 5.68. The minimum Gasteiger partial charge on any atom is -0.508 e. The van der Waals surface area contributed by atoms with Gasteiger partial charge in [-0.2, -0.15) is 0 Å². The van der Waals surface area contributed by atoms with Crippen LogP contribution in [0.5, 0.6) is 11.5 Å². The van der Waals surface area contributed by atoms with Crippen LogP contribution >= 0.6 is 0 Å². The summed E-state index contributed by atoms with van der Waals surface area (Å²) in [5.74, 6) is 2.00. The van der Waals surface area contributed by atoms with Gasteiger partial charge in [0.15, 0.2) is 0 Å². The highest BCUT2D eigenvalue weighted by Gasteiger charge is 2.40. The van der Waals surface area contributed by atoms with Crippen molar-refractivity contribution in [2.45, 2.75) is 38.5 Å². The molecule has 0 unspecified atom stereocenters. The van der Waals surface area contributed by atoms with Gasteiger partial charge >= 0.3 is 0 Å². The number of hydrogen-bond acceptors (Lipinski definition) is 2. The maximum absolute atomic E-state index is 9.61. The highest BCUT2D eigenvalue weighted by Crippen LogP contribution is 2.49. The average Bonchev–Trinajstić information content (AvgIpc) is 2.52. The van der Waals surface area contributed by atoms with Crippen LogP contribution in [0.25, 0.3) is 0 Å². The molecule has 0 amide bonds. The fraction of sp³-hybridized carbons (Fsp3) is 0.400. The van der Waals surface area contributed by atoms with E-state index >= 15 is 0 Å². The van der Waals surface area contributed by atoms with Crippen LogP contribution in [0.1, 0.15) is 44.2 Å². The van der Waals surface area contributed by atoms with Crippen LogP contribution in [-0.4, -0.2) is 10.2 Å². The third-order valence-electron chi connectivity index (χ3n) is 5.51. The quantitative estimate of drug-likeness (QED) is 0.832. The molecule has 0 aliphatic heterocycles. The lowest BCUT2D eigenvalue weighted by molar-refractivity contribution is 0.201. The first-order chi connectivity index (χ1) is 10.5. The van der Waals surface area contributed by atoms with Crippen molar-refractivity contribution in [2.75, 3.05) is 0 Å². The first-order valence-electron chi connectivity index (χ1n) is 8.10. The van der Waals surface area contributed by atoms with Crippen LogP contribution in [-0.2, 0) is 5.41 Å². The number of aromatic hydroxyl groups is 2. The van der Waals surface area contributed by atoms with Crippen LogP contribution in [0.3, 0.4) is 0 Å². The van der Waals surface area contributed by atoms with Crippen molar-refractivity contribution < 1.29 is 10.2 Å². The van der Waals surface area contributed by atoms with E-state index in [2.05, 4.69) is 13.8 Å². The first kappa shape index (κ1) is 15.0. The van der Waals surface area contributed by atoms with E-state index < -0.39 is 0 Å². The Labute approximate surface area is 132 Å². The SMILES string of the molecule is C[C@H]1CCC(c2ccc(O)cc2)(c2ccc(O)cc2)C[C@@H]1C. The Kier molecular flexibility index (Phi) is 3.86. The van der Waals surface area contributed by atoms with Gasteiger partial charge in [-0.1, -0.05) is 38.1 Å². The summed E-state index contributed by atoms with van der Waals surface area (Å²) in [6.07, 6.45) is 3.40. The largest absolute Gasteiger partial charge is 0.508 e. The third-order valence-corrected chi connectivity index (χ3v) is 5.51. The standard InChI is InChI=1S/C20H24O2/c1-14-11-12-20(13-15(14)2,16-3-7-18(21)8-4-16)17-5-9-19(22)10-6-17/h3-10,14-15,21-22H,11-13H2,1-2H3/t14-,15-/m0/s1. The van der Waals surface area contributed by atoms with E-state index in [0.717, 1.165) is 18.8 Å². The predicted octanol–water partition coefficient (Wildman–Crippen LogP) is 4.84. The molecule has 116 valence electrons. The van der Waals surface area contributed by atoms with Crippen LogP contribution in [0.4, 0.5) is 0 Å². The number of benzene rings is 2. The minimum absolute atomic E-state index is 0.0205. The van der Waals surface area contributed by atoms with Crippen molar-refractivity contribution >= 4 is 0 Å². The Morgan fingerprint density at radius 1 is 0.773 bits per heavy atom. The van der Waals surface area contributed by atoms with Gasteiger partial charge in [-0.3, -0.25) is 0 Å². The lowest BCUT2D eigenvalue weighted by Gasteiger charge is -2.44. The fourth-order valence-electron chi connectivity index (χ4n) is 3.86. The molecule has 0 radical (unpaired) electrons. The maximum atomic E-state index is 9.61. The van der Waals surface area contributed by atoms with Crippen molar-refractivity contribution in [3.8, 4) is 11.5 Å². The topological polar surface area (TPSA) is 40.5 Å². The van der Waals surface area contributed by atoms with E-state index in [1.807, 2.05) is 24.3 Å². The monoisotopic (exact) mass is 296 g/mol. The van der Waals surface area contributed by atoms with Crippen LogP contribution in [0.15, 0.2) is 48.5 Å². The molecular formula is C20H24O2. The lowest BCUT2D eigenvalue weighted by atomic mass is 9.60. The Bertz CT molecular complexity index is 582. The molecule has 1 saturated carbocycles.